The predicted molar refractivity (Wildman–Crippen MR) is 74.5 cm³/mol. The first-order chi connectivity index (χ1) is 8.80. The van der Waals surface area contributed by atoms with Crippen LogP contribution in [0.2, 0.25) is 0 Å². The molecule has 0 aliphatic heterocycles. The normalized spacial score (nSPS) is 10.6. The fourth-order valence-electron chi connectivity index (χ4n) is 2.26. The Bertz CT molecular complexity index is 558. The average Bonchev–Trinajstić information content (AvgIpc) is 2.43. The van der Waals surface area contributed by atoms with Gasteiger partial charge in [-0.25, -0.2) is 0 Å². The molecule has 0 radical (unpaired) electrons. The number of hydrogen-bond donors (Lipinski definition) is 0. The van der Waals surface area contributed by atoms with E-state index in [1.54, 1.807) is 7.11 Å². The second-order valence-electron chi connectivity index (χ2n) is 4.44. The van der Waals surface area contributed by atoms with E-state index in [1.807, 2.05) is 30.3 Å². The number of carbonyl (C=O) groups is 1. The van der Waals surface area contributed by atoms with Crippen molar-refractivity contribution in [3.63, 3.8) is 0 Å². The molecule has 2 aromatic rings. The lowest BCUT2D eigenvalue weighted by atomic mass is 9.95. The molecule has 0 unspecified atom stereocenters. The number of aldehydes is 1. The van der Waals surface area contributed by atoms with Crippen molar-refractivity contribution in [2.45, 2.75) is 26.2 Å². The average molecular weight is 242 g/mol. The van der Waals surface area contributed by atoms with Gasteiger partial charge >= 0.3 is 0 Å². The number of fused-ring (bicyclic) bond motifs is 1. The van der Waals surface area contributed by atoms with Gasteiger partial charge in [-0.3, -0.25) is 4.79 Å². The van der Waals surface area contributed by atoms with Gasteiger partial charge in [0.05, 0.1) is 7.11 Å². The molecule has 18 heavy (non-hydrogen) atoms. The third-order valence-electron chi connectivity index (χ3n) is 3.28. The lowest BCUT2D eigenvalue weighted by molar-refractivity contribution is 0.112. The van der Waals surface area contributed by atoms with Crippen LogP contribution in [0, 0.1) is 0 Å². The van der Waals surface area contributed by atoms with Crippen LogP contribution in [0.15, 0.2) is 30.3 Å². The molecular weight excluding hydrogens is 224 g/mol. The Hall–Kier alpha value is -1.83. The summed E-state index contributed by atoms with van der Waals surface area (Å²) in [5, 5.41) is 2.29. The van der Waals surface area contributed by atoms with Crippen LogP contribution in [0.1, 0.15) is 35.7 Å². The lowest BCUT2D eigenvalue weighted by Gasteiger charge is -2.10. The maximum absolute atomic E-state index is 11.1. The standard InChI is InChI=1S/C16H18O2/c1-3-4-5-15-13(11-17)7-6-12-10-14(18-2)8-9-16(12)15/h6-11H,3-5H2,1-2H3. The minimum absolute atomic E-state index is 0.807. The summed E-state index contributed by atoms with van der Waals surface area (Å²) >= 11 is 0. The second-order valence-corrected chi connectivity index (χ2v) is 4.44. The van der Waals surface area contributed by atoms with Gasteiger partial charge < -0.3 is 4.74 Å². The number of benzene rings is 2. The van der Waals surface area contributed by atoms with Crippen molar-refractivity contribution >= 4 is 17.1 Å². The van der Waals surface area contributed by atoms with Crippen LogP contribution in [0.3, 0.4) is 0 Å². The molecule has 2 heteroatoms. The number of methoxy groups -OCH3 is 1. The molecule has 2 rings (SSSR count). The molecule has 2 aromatic carbocycles. The molecule has 0 aromatic heterocycles. The van der Waals surface area contributed by atoms with Crippen molar-refractivity contribution in [3.05, 3.63) is 41.5 Å². The molecule has 0 aliphatic carbocycles. The van der Waals surface area contributed by atoms with Crippen molar-refractivity contribution in [3.8, 4) is 5.75 Å². The smallest absolute Gasteiger partial charge is 0.150 e. The summed E-state index contributed by atoms with van der Waals surface area (Å²) in [4.78, 5) is 11.1. The minimum atomic E-state index is 0.807. The Balaban J connectivity index is 2.57. The maximum atomic E-state index is 11.1. The van der Waals surface area contributed by atoms with Gasteiger partial charge in [-0.1, -0.05) is 31.5 Å². The van der Waals surface area contributed by atoms with E-state index in [4.69, 9.17) is 4.74 Å². The SMILES string of the molecule is CCCCc1c(C=O)ccc2cc(OC)ccc12. The van der Waals surface area contributed by atoms with E-state index in [9.17, 15) is 4.79 Å². The third-order valence-corrected chi connectivity index (χ3v) is 3.28. The largest absolute Gasteiger partial charge is 0.497 e. The van der Waals surface area contributed by atoms with Gasteiger partial charge in [-0.2, -0.15) is 0 Å². The molecule has 0 amide bonds. The summed E-state index contributed by atoms with van der Waals surface area (Å²) in [6.45, 7) is 2.16. The van der Waals surface area contributed by atoms with Gasteiger partial charge in [0.1, 0.15) is 12.0 Å². The molecule has 0 atom stereocenters. The molecule has 2 nitrogen and oxygen atoms in total. The van der Waals surface area contributed by atoms with E-state index in [0.29, 0.717) is 0 Å². The lowest BCUT2D eigenvalue weighted by Crippen LogP contribution is -1.95. The van der Waals surface area contributed by atoms with Crippen molar-refractivity contribution in [1.29, 1.82) is 0 Å². The molecular formula is C16H18O2. The highest BCUT2D eigenvalue weighted by Gasteiger charge is 2.07. The highest BCUT2D eigenvalue weighted by atomic mass is 16.5. The molecule has 0 N–H and O–H groups in total. The first-order valence-electron chi connectivity index (χ1n) is 6.35. The third kappa shape index (κ3) is 2.37. The first kappa shape index (κ1) is 12.6. The summed E-state index contributed by atoms with van der Waals surface area (Å²) < 4.78 is 5.23. The Morgan fingerprint density at radius 3 is 2.72 bits per heavy atom. The first-order valence-corrected chi connectivity index (χ1v) is 6.35. The summed E-state index contributed by atoms with van der Waals surface area (Å²) in [5.74, 6) is 0.850. The highest BCUT2D eigenvalue weighted by Crippen LogP contribution is 2.27. The van der Waals surface area contributed by atoms with E-state index in [2.05, 4.69) is 6.92 Å². The fraction of sp³-hybridized carbons (Fsp3) is 0.312. The quantitative estimate of drug-likeness (QED) is 0.741. The molecule has 0 aliphatic rings. The number of hydrogen-bond acceptors (Lipinski definition) is 2. The van der Waals surface area contributed by atoms with Crippen molar-refractivity contribution in [2.75, 3.05) is 7.11 Å². The van der Waals surface area contributed by atoms with Gasteiger partial charge in [0.15, 0.2) is 0 Å². The van der Waals surface area contributed by atoms with Crippen LogP contribution in [0.5, 0.6) is 5.75 Å². The van der Waals surface area contributed by atoms with E-state index in [-0.39, 0.29) is 0 Å². The van der Waals surface area contributed by atoms with Gasteiger partial charge in [0.25, 0.3) is 0 Å². The number of ether oxygens (including phenoxy) is 1. The Labute approximate surface area is 108 Å². The molecule has 0 fully saturated rings. The van der Waals surface area contributed by atoms with Crippen LogP contribution in [-0.2, 0) is 6.42 Å². The van der Waals surface area contributed by atoms with Gasteiger partial charge in [-0.05, 0) is 41.3 Å². The molecule has 0 saturated carbocycles. The number of rotatable bonds is 5. The monoisotopic (exact) mass is 242 g/mol. The van der Waals surface area contributed by atoms with Crippen LogP contribution >= 0.6 is 0 Å². The van der Waals surface area contributed by atoms with Crippen molar-refractivity contribution in [1.82, 2.24) is 0 Å². The summed E-state index contributed by atoms with van der Waals surface area (Å²) in [5.41, 5.74) is 1.97. The highest BCUT2D eigenvalue weighted by molar-refractivity contribution is 5.93. The second kappa shape index (κ2) is 5.67. The van der Waals surface area contributed by atoms with Crippen molar-refractivity contribution in [2.24, 2.45) is 0 Å². The fourth-order valence-corrected chi connectivity index (χ4v) is 2.26. The zero-order chi connectivity index (χ0) is 13.0. The Morgan fingerprint density at radius 1 is 1.22 bits per heavy atom. The predicted octanol–water partition coefficient (Wildman–Crippen LogP) is 4.00. The summed E-state index contributed by atoms with van der Waals surface area (Å²) in [7, 11) is 1.67. The number of carbonyl (C=O) groups excluding carboxylic acids is 1. The Morgan fingerprint density at radius 2 is 2.06 bits per heavy atom. The molecule has 94 valence electrons. The number of aryl methyl sites for hydroxylation is 1. The zero-order valence-corrected chi connectivity index (χ0v) is 10.9. The molecule has 0 heterocycles. The molecule has 0 saturated heterocycles. The van der Waals surface area contributed by atoms with Crippen molar-refractivity contribution < 1.29 is 9.53 Å². The maximum Gasteiger partial charge on any atom is 0.150 e. The van der Waals surface area contributed by atoms with Crippen LogP contribution in [0.25, 0.3) is 10.8 Å². The Kier molecular flexibility index (Phi) is 3.98. The minimum Gasteiger partial charge on any atom is -0.497 e. The van der Waals surface area contributed by atoms with Gasteiger partial charge in [0.2, 0.25) is 0 Å². The van der Waals surface area contributed by atoms with E-state index in [0.717, 1.165) is 53.2 Å². The molecule has 0 bridgehead atoms. The summed E-state index contributed by atoms with van der Waals surface area (Å²) in [6, 6.07) is 9.90. The number of unbranched alkanes of at least 4 members (excludes halogenated alkanes) is 1. The van der Waals surface area contributed by atoms with E-state index >= 15 is 0 Å². The van der Waals surface area contributed by atoms with E-state index < -0.39 is 0 Å². The summed E-state index contributed by atoms with van der Waals surface area (Å²) in [6.07, 6.45) is 4.14. The van der Waals surface area contributed by atoms with Gasteiger partial charge in [-0.15, -0.1) is 0 Å². The van der Waals surface area contributed by atoms with Crippen LogP contribution in [-0.4, -0.2) is 13.4 Å². The van der Waals surface area contributed by atoms with Gasteiger partial charge in [0, 0.05) is 5.56 Å². The van der Waals surface area contributed by atoms with E-state index in [1.165, 1.54) is 0 Å². The van der Waals surface area contributed by atoms with Crippen LogP contribution in [0.4, 0.5) is 0 Å². The topological polar surface area (TPSA) is 26.3 Å². The molecule has 0 spiro atoms. The zero-order valence-electron chi connectivity index (χ0n) is 10.9. The van der Waals surface area contributed by atoms with Crippen LogP contribution < -0.4 is 4.74 Å².